The Hall–Kier alpha value is -0.800. The van der Waals surface area contributed by atoms with E-state index in [1.807, 2.05) is 18.3 Å². The highest BCUT2D eigenvalue weighted by Crippen LogP contribution is 2.32. The summed E-state index contributed by atoms with van der Waals surface area (Å²) in [5.74, 6) is 0. The molecule has 0 unspecified atom stereocenters. The van der Waals surface area contributed by atoms with Crippen molar-refractivity contribution in [2.75, 3.05) is 0 Å². The number of aromatic nitrogens is 1. The van der Waals surface area contributed by atoms with Crippen LogP contribution < -0.4 is 0 Å². The van der Waals surface area contributed by atoms with Crippen LogP contribution in [0.1, 0.15) is 26.3 Å². The quantitative estimate of drug-likeness (QED) is 0.745. The second kappa shape index (κ2) is 5.45. The lowest BCUT2D eigenvalue weighted by atomic mass is 9.87. The molecule has 1 nitrogen and oxygen atoms in total. The predicted molar refractivity (Wildman–Crippen MR) is 81.2 cm³/mol. The van der Waals surface area contributed by atoms with Gasteiger partial charge in [0.2, 0.25) is 0 Å². The van der Waals surface area contributed by atoms with Gasteiger partial charge in [0, 0.05) is 11.1 Å². The van der Waals surface area contributed by atoms with E-state index in [1.165, 1.54) is 10.5 Å². The van der Waals surface area contributed by atoms with Gasteiger partial charge in [0.05, 0.1) is 4.47 Å². The first-order valence-corrected chi connectivity index (χ1v) is 7.47. The highest BCUT2D eigenvalue weighted by molar-refractivity contribution is 9.10. The lowest BCUT2D eigenvalue weighted by Gasteiger charge is -2.19. The zero-order chi connectivity index (χ0) is 13.2. The predicted octanol–water partition coefficient (Wildman–Crippen LogP) is 5.29. The van der Waals surface area contributed by atoms with Crippen LogP contribution in [-0.4, -0.2) is 4.98 Å². The van der Waals surface area contributed by atoms with Crippen molar-refractivity contribution >= 4 is 27.7 Å². The molecule has 18 heavy (non-hydrogen) atoms. The van der Waals surface area contributed by atoms with Crippen molar-refractivity contribution in [3.63, 3.8) is 0 Å². The number of benzene rings is 1. The van der Waals surface area contributed by atoms with Gasteiger partial charge in [-0.2, -0.15) is 0 Å². The third kappa shape index (κ3) is 3.36. The van der Waals surface area contributed by atoms with E-state index in [1.54, 1.807) is 11.8 Å². The fourth-order valence-electron chi connectivity index (χ4n) is 1.58. The van der Waals surface area contributed by atoms with Crippen molar-refractivity contribution in [2.45, 2.75) is 36.1 Å². The molecule has 94 valence electrons. The Labute approximate surface area is 121 Å². The van der Waals surface area contributed by atoms with Crippen LogP contribution in [0.15, 0.2) is 57.0 Å². The van der Waals surface area contributed by atoms with Crippen molar-refractivity contribution in [3.8, 4) is 0 Å². The Bertz CT molecular complexity index is 529. The fourth-order valence-corrected chi connectivity index (χ4v) is 2.85. The minimum Gasteiger partial charge on any atom is -0.248 e. The average Bonchev–Trinajstić information content (AvgIpc) is 2.32. The molecule has 1 aromatic carbocycles. The second-order valence-corrected chi connectivity index (χ2v) is 7.08. The Morgan fingerprint density at radius 1 is 1.06 bits per heavy atom. The fraction of sp³-hybridized carbons (Fsp3) is 0.267. The van der Waals surface area contributed by atoms with Gasteiger partial charge >= 0.3 is 0 Å². The third-order valence-electron chi connectivity index (χ3n) is 2.66. The van der Waals surface area contributed by atoms with Gasteiger partial charge in [0.25, 0.3) is 0 Å². The van der Waals surface area contributed by atoms with Crippen LogP contribution in [0.4, 0.5) is 0 Å². The molecule has 0 atom stereocenters. The number of hydrogen-bond donors (Lipinski definition) is 0. The molecule has 0 N–H and O–H groups in total. The molecule has 2 aromatic rings. The zero-order valence-electron chi connectivity index (χ0n) is 10.8. The first kappa shape index (κ1) is 13.6. The third-order valence-corrected chi connectivity index (χ3v) is 4.59. The van der Waals surface area contributed by atoms with Gasteiger partial charge in [-0.25, -0.2) is 4.98 Å². The van der Waals surface area contributed by atoms with E-state index in [2.05, 4.69) is 66.0 Å². The second-order valence-electron chi connectivity index (χ2n) is 5.17. The molecule has 0 aliphatic heterocycles. The molecule has 0 spiro atoms. The molecule has 0 aliphatic carbocycles. The average molecular weight is 322 g/mol. The van der Waals surface area contributed by atoms with Gasteiger partial charge in [-0.1, -0.05) is 44.7 Å². The highest BCUT2D eigenvalue weighted by atomic mass is 79.9. The van der Waals surface area contributed by atoms with Crippen LogP contribution in [0.25, 0.3) is 0 Å². The van der Waals surface area contributed by atoms with Crippen molar-refractivity contribution in [2.24, 2.45) is 0 Å². The zero-order valence-corrected chi connectivity index (χ0v) is 13.2. The number of pyridine rings is 1. The summed E-state index contributed by atoms with van der Waals surface area (Å²) >= 11 is 5.19. The minimum absolute atomic E-state index is 0.203. The summed E-state index contributed by atoms with van der Waals surface area (Å²) in [4.78, 5) is 5.57. The summed E-state index contributed by atoms with van der Waals surface area (Å²) in [5, 5.41) is 1.00. The SMILES string of the molecule is CC(C)(C)c1ccc(Sc2ncccc2Br)cc1. The molecule has 0 fully saturated rings. The molecule has 1 heterocycles. The minimum atomic E-state index is 0.203. The largest absolute Gasteiger partial charge is 0.248 e. The monoisotopic (exact) mass is 321 g/mol. The van der Waals surface area contributed by atoms with E-state index >= 15 is 0 Å². The van der Waals surface area contributed by atoms with Crippen molar-refractivity contribution in [3.05, 3.63) is 52.6 Å². The maximum absolute atomic E-state index is 4.36. The Balaban J connectivity index is 2.19. The van der Waals surface area contributed by atoms with Gasteiger partial charge in [-0.05, 0) is 51.2 Å². The summed E-state index contributed by atoms with van der Waals surface area (Å²) in [6.07, 6.45) is 1.82. The number of rotatable bonds is 2. The molecule has 3 heteroatoms. The molecule has 2 rings (SSSR count). The van der Waals surface area contributed by atoms with Gasteiger partial charge in [0.15, 0.2) is 0 Å². The molecule has 0 amide bonds. The van der Waals surface area contributed by atoms with E-state index in [4.69, 9.17) is 0 Å². The Kier molecular flexibility index (Phi) is 4.13. The van der Waals surface area contributed by atoms with Gasteiger partial charge in [-0.3, -0.25) is 0 Å². The van der Waals surface area contributed by atoms with E-state index in [-0.39, 0.29) is 5.41 Å². The first-order valence-electron chi connectivity index (χ1n) is 5.86. The normalized spacial score (nSPS) is 11.6. The van der Waals surface area contributed by atoms with E-state index in [0.717, 1.165) is 9.50 Å². The number of halogens is 1. The van der Waals surface area contributed by atoms with E-state index in [0.29, 0.717) is 0 Å². The number of nitrogens with zero attached hydrogens (tertiary/aromatic N) is 1. The molecule has 0 bridgehead atoms. The van der Waals surface area contributed by atoms with Crippen LogP contribution >= 0.6 is 27.7 Å². The Morgan fingerprint density at radius 3 is 2.28 bits per heavy atom. The van der Waals surface area contributed by atoms with Crippen LogP contribution in [0.5, 0.6) is 0 Å². The topological polar surface area (TPSA) is 12.9 Å². The van der Waals surface area contributed by atoms with Gasteiger partial charge in [-0.15, -0.1) is 0 Å². The first-order chi connectivity index (χ1) is 8.47. The van der Waals surface area contributed by atoms with E-state index in [9.17, 15) is 0 Å². The van der Waals surface area contributed by atoms with Crippen molar-refractivity contribution in [1.82, 2.24) is 4.98 Å². The van der Waals surface area contributed by atoms with Crippen LogP contribution in [0, 0.1) is 0 Å². The summed E-state index contributed by atoms with van der Waals surface area (Å²) in [6.45, 7) is 6.68. The summed E-state index contributed by atoms with van der Waals surface area (Å²) in [5.41, 5.74) is 1.56. The maximum atomic E-state index is 4.36. The summed E-state index contributed by atoms with van der Waals surface area (Å²) in [7, 11) is 0. The maximum Gasteiger partial charge on any atom is 0.115 e. The van der Waals surface area contributed by atoms with Gasteiger partial charge < -0.3 is 0 Å². The molecule has 0 aliphatic rings. The summed E-state index contributed by atoms with van der Waals surface area (Å²) in [6, 6.07) is 12.6. The highest BCUT2D eigenvalue weighted by Gasteiger charge is 2.13. The standard InChI is InChI=1S/C15H16BrNS/c1-15(2,3)11-6-8-12(9-7-11)18-14-13(16)5-4-10-17-14/h4-10H,1-3H3. The number of hydrogen-bond acceptors (Lipinski definition) is 2. The molecule has 0 radical (unpaired) electrons. The molecule has 0 saturated heterocycles. The molecule has 1 aromatic heterocycles. The smallest absolute Gasteiger partial charge is 0.115 e. The van der Waals surface area contributed by atoms with Crippen molar-refractivity contribution in [1.29, 1.82) is 0 Å². The lowest BCUT2D eigenvalue weighted by molar-refractivity contribution is 0.590. The van der Waals surface area contributed by atoms with Crippen molar-refractivity contribution < 1.29 is 0 Å². The summed E-state index contributed by atoms with van der Waals surface area (Å²) < 4.78 is 1.04. The van der Waals surface area contributed by atoms with Crippen LogP contribution in [0.2, 0.25) is 0 Å². The van der Waals surface area contributed by atoms with E-state index < -0.39 is 0 Å². The molecular weight excluding hydrogens is 306 g/mol. The molecular formula is C15H16BrNS. The van der Waals surface area contributed by atoms with Gasteiger partial charge in [0.1, 0.15) is 5.03 Å². The lowest BCUT2D eigenvalue weighted by Crippen LogP contribution is -2.10. The Morgan fingerprint density at radius 2 is 1.72 bits per heavy atom. The van der Waals surface area contributed by atoms with Crippen LogP contribution in [-0.2, 0) is 5.41 Å². The van der Waals surface area contributed by atoms with Crippen LogP contribution in [0.3, 0.4) is 0 Å². The molecule has 0 saturated carbocycles.